The molecule has 0 aromatic heterocycles. The number of halogens is 7. The van der Waals surface area contributed by atoms with Gasteiger partial charge in [-0.05, 0) is 53.5 Å². The molecule has 17 heteroatoms. The number of hydrogen-bond acceptors (Lipinski definition) is 5. The van der Waals surface area contributed by atoms with Gasteiger partial charge in [0.1, 0.15) is 0 Å². The SMILES string of the molecule is O=C(Cl)c1c(Cl)cc(Cl)cc1Cl.[N-]=[N+]=NCCN.[N-]=[N+]=NCCNC(=O)c1c(Cl)cc(Cl)cc1Cl. The van der Waals surface area contributed by atoms with Crippen molar-refractivity contribution in [3.63, 3.8) is 0 Å². The maximum atomic E-state index is 11.7. The third-order valence-corrected chi connectivity index (χ3v) is 5.11. The number of azide groups is 2. The number of nitrogens with one attached hydrogen (secondary N) is 1. The van der Waals surface area contributed by atoms with Gasteiger partial charge in [-0.1, -0.05) is 79.8 Å². The molecule has 0 saturated heterocycles. The molecule has 0 fully saturated rings. The Hall–Kier alpha value is -1.81. The van der Waals surface area contributed by atoms with Crippen LogP contribution in [0.3, 0.4) is 0 Å². The van der Waals surface area contributed by atoms with E-state index in [0.717, 1.165) is 0 Å². The van der Waals surface area contributed by atoms with Gasteiger partial charge >= 0.3 is 0 Å². The van der Waals surface area contributed by atoms with Gasteiger partial charge in [-0.25, -0.2) is 0 Å². The molecule has 0 bridgehead atoms. The molecule has 0 saturated carbocycles. The van der Waals surface area contributed by atoms with Gasteiger partial charge in [0.05, 0.1) is 31.2 Å². The number of carbonyl (C=O) groups excluding carboxylic acids is 2. The van der Waals surface area contributed by atoms with Gasteiger partial charge in [-0.15, -0.1) is 0 Å². The number of rotatable bonds is 7. The Morgan fingerprint density at radius 1 is 0.800 bits per heavy atom. The lowest BCUT2D eigenvalue weighted by molar-refractivity contribution is 0.0954. The molecule has 0 aliphatic heterocycles. The van der Waals surface area contributed by atoms with Crippen molar-refractivity contribution in [1.29, 1.82) is 0 Å². The lowest BCUT2D eigenvalue weighted by Crippen LogP contribution is -2.26. The van der Waals surface area contributed by atoms with Crippen LogP contribution < -0.4 is 11.1 Å². The summed E-state index contributed by atoms with van der Waals surface area (Å²) in [7, 11) is 0. The van der Waals surface area contributed by atoms with E-state index < -0.39 is 11.1 Å². The van der Waals surface area contributed by atoms with Crippen LogP contribution in [0.15, 0.2) is 34.5 Å². The molecular formula is C18H15Cl7N8O2. The molecule has 0 atom stereocenters. The van der Waals surface area contributed by atoms with E-state index in [1.165, 1.54) is 24.3 Å². The summed E-state index contributed by atoms with van der Waals surface area (Å²) in [5.74, 6) is -0.440. The van der Waals surface area contributed by atoms with Gasteiger partial charge in [0.2, 0.25) is 0 Å². The average molecular weight is 624 g/mol. The van der Waals surface area contributed by atoms with Crippen molar-refractivity contribution >= 4 is 92.4 Å². The van der Waals surface area contributed by atoms with E-state index in [1.54, 1.807) is 0 Å². The molecule has 188 valence electrons. The minimum atomic E-state index is -0.693. The number of hydrogen-bond donors (Lipinski definition) is 2. The normalized spacial score (nSPS) is 9.26. The lowest BCUT2D eigenvalue weighted by Gasteiger charge is -2.07. The van der Waals surface area contributed by atoms with Gasteiger partial charge in [0.15, 0.2) is 0 Å². The van der Waals surface area contributed by atoms with Crippen LogP contribution in [0, 0.1) is 0 Å². The van der Waals surface area contributed by atoms with E-state index in [-0.39, 0.29) is 44.3 Å². The van der Waals surface area contributed by atoms with Crippen molar-refractivity contribution in [2.75, 3.05) is 26.2 Å². The summed E-state index contributed by atoms with van der Waals surface area (Å²) in [5, 5.41) is 9.63. The summed E-state index contributed by atoms with van der Waals surface area (Å²) in [4.78, 5) is 27.5. The molecule has 10 nitrogen and oxygen atoms in total. The van der Waals surface area contributed by atoms with E-state index in [1.807, 2.05) is 0 Å². The first-order valence-electron chi connectivity index (χ1n) is 8.98. The van der Waals surface area contributed by atoms with Gasteiger partial charge in [-0.2, -0.15) is 0 Å². The van der Waals surface area contributed by atoms with Crippen molar-refractivity contribution in [2.45, 2.75) is 0 Å². The quantitative estimate of drug-likeness (QED) is 0.105. The van der Waals surface area contributed by atoms with Crippen LogP contribution in [0.4, 0.5) is 0 Å². The second-order valence-electron chi connectivity index (χ2n) is 5.72. The Labute approximate surface area is 234 Å². The van der Waals surface area contributed by atoms with Crippen molar-refractivity contribution in [3.05, 3.63) is 86.4 Å². The van der Waals surface area contributed by atoms with Crippen LogP contribution in [0.1, 0.15) is 20.7 Å². The highest BCUT2D eigenvalue weighted by molar-refractivity contribution is 6.70. The van der Waals surface area contributed by atoms with Crippen molar-refractivity contribution in [3.8, 4) is 0 Å². The van der Waals surface area contributed by atoms with E-state index in [0.29, 0.717) is 23.1 Å². The molecule has 35 heavy (non-hydrogen) atoms. The molecule has 0 radical (unpaired) electrons. The van der Waals surface area contributed by atoms with E-state index in [4.69, 9.17) is 98.0 Å². The fourth-order valence-electron chi connectivity index (χ4n) is 1.94. The molecule has 3 N–H and O–H groups in total. The second kappa shape index (κ2) is 18.5. The Balaban J connectivity index is 0.000000557. The number of amides is 1. The highest BCUT2D eigenvalue weighted by Crippen LogP contribution is 2.30. The minimum Gasteiger partial charge on any atom is -0.352 e. The first-order valence-corrected chi connectivity index (χ1v) is 11.6. The third-order valence-electron chi connectivity index (χ3n) is 3.29. The Kier molecular flexibility index (Phi) is 17.5. The molecule has 0 aliphatic rings. The molecule has 1 amide bonds. The molecule has 0 spiro atoms. The van der Waals surface area contributed by atoms with Gasteiger partial charge < -0.3 is 11.1 Å². The predicted octanol–water partition coefficient (Wildman–Crippen LogP) is 7.97. The van der Waals surface area contributed by atoms with Crippen LogP contribution in [-0.2, 0) is 0 Å². The summed E-state index contributed by atoms with van der Waals surface area (Å²) >= 11 is 39.6. The summed E-state index contributed by atoms with van der Waals surface area (Å²) in [6.07, 6.45) is 0. The summed E-state index contributed by atoms with van der Waals surface area (Å²) in [6, 6.07) is 5.67. The largest absolute Gasteiger partial charge is 0.352 e. The summed E-state index contributed by atoms with van der Waals surface area (Å²) < 4.78 is 0. The Morgan fingerprint density at radius 2 is 1.20 bits per heavy atom. The van der Waals surface area contributed by atoms with Crippen LogP contribution in [0.2, 0.25) is 30.1 Å². The predicted molar refractivity (Wildman–Crippen MR) is 143 cm³/mol. The molecule has 0 unspecified atom stereocenters. The van der Waals surface area contributed by atoms with Gasteiger partial charge in [0.25, 0.3) is 11.1 Å². The standard InChI is InChI=1S/C9H7Cl3N4O.C7H2Cl4O.C2H6N4/c10-5-3-6(11)8(7(12)4-5)9(17)14-1-2-15-16-13;8-3-1-4(9)6(7(11)12)5(10)2-3;3-1-2-5-6-4/h3-4H,1-2H2,(H,14,17);1-2H;1-3H2. The number of benzene rings is 2. The van der Waals surface area contributed by atoms with E-state index in [2.05, 4.69) is 25.4 Å². The summed E-state index contributed by atoms with van der Waals surface area (Å²) in [6.45, 7) is 1.20. The first kappa shape index (κ1) is 33.2. The minimum absolute atomic E-state index is 0.0874. The summed E-state index contributed by atoms with van der Waals surface area (Å²) in [5.41, 5.74) is 20.8. The highest BCUT2D eigenvalue weighted by atomic mass is 35.5. The molecule has 2 aromatic rings. The zero-order chi connectivity index (χ0) is 27.0. The average Bonchev–Trinajstić information content (AvgIpc) is 2.74. The zero-order valence-corrected chi connectivity index (χ0v) is 22.7. The highest BCUT2D eigenvalue weighted by Gasteiger charge is 2.15. The monoisotopic (exact) mass is 620 g/mol. The fourth-order valence-corrected chi connectivity index (χ4v) is 4.22. The number of nitrogens with two attached hydrogens (primary N) is 1. The maximum Gasteiger partial charge on any atom is 0.255 e. The van der Waals surface area contributed by atoms with E-state index in [9.17, 15) is 9.59 Å². The molecular weight excluding hydrogens is 608 g/mol. The number of nitrogens with zero attached hydrogens (tertiary/aromatic N) is 6. The van der Waals surface area contributed by atoms with Crippen molar-refractivity contribution in [2.24, 2.45) is 16.0 Å². The maximum absolute atomic E-state index is 11.7. The lowest BCUT2D eigenvalue weighted by atomic mass is 10.2. The van der Waals surface area contributed by atoms with Gasteiger partial charge in [0, 0.05) is 39.5 Å². The fraction of sp³-hybridized carbons (Fsp3) is 0.222. The molecule has 0 aliphatic carbocycles. The van der Waals surface area contributed by atoms with Crippen LogP contribution >= 0.6 is 81.2 Å². The smallest absolute Gasteiger partial charge is 0.255 e. The van der Waals surface area contributed by atoms with Crippen molar-refractivity contribution in [1.82, 2.24) is 5.32 Å². The molecule has 2 aromatic carbocycles. The zero-order valence-electron chi connectivity index (χ0n) is 17.4. The Bertz CT molecular complexity index is 1090. The van der Waals surface area contributed by atoms with Crippen LogP contribution in [0.25, 0.3) is 20.9 Å². The van der Waals surface area contributed by atoms with Crippen molar-refractivity contribution < 1.29 is 9.59 Å². The van der Waals surface area contributed by atoms with Crippen LogP contribution in [0.5, 0.6) is 0 Å². The topological polar surface area (TPSA) is 170 Å². The van der Waals surface area contributed by atoms with E-state index >= 15 is 0 Å². The second-order valence-corrected chi connectivity index (χ2v) is 8.56. The molecule has 0 heterocycles. The van der Waals surface area contributed by atoms with Gasteiger partial charge in [-0.3, -0.25) is 9.59 Å². The third kappa shape index (κ3) is 13.2. The van der Waals surface area contributed by atoms with Crippen LogP contribution in [-0.4, -0.2) is 37.3 Å². The number of carbonyl (C=O) groups is 2. The first-order chi connectivity index (χ1) is 16.5. The Morgan fingerprint density at radius 3 is 1.54 bits per heavy atom. The molecule has 2 rings (SSSR count).